The summed E-state index contributed by atoms with van der Waals surface area (Å²) >= 11 is 0. The number of hydrogen-bond donors (Lipinski definition) is 1. The van der Waals surface area contributed by atoms with Crippen LogP contribution in [0.5, 0.6) is 0 Å². The van der Waals surface area contributed by atoms with Crippen molar-refractivity contribution in [1.82, 2.24) is 9.97 Å². The minimum atomic E-state index is 0.0943. The second kappa shape index (κ2) is 3.09. The number of rotatable bonds is 2. The molecule has 0 saturated heterocycles. The summed E-state index contributed by atoms with van der Waals surface area (Å²) in [5.74, 6) is 0.356. The topological polar surface area (TPSA) is 51.8 Å². The van der Waals surface area contributed by atoms with Gasteiger partial charge in [-0.3, -0.25) is 0 Å². The van der Waals surface area contributed by atoms with E-state index in [0.717, 1.165) is 12.1 Å². The van der Waals surface area contributed by atoms with Crippen LogP contribution in [0.2, 0.25) is 0 Å². The second-order valence-electron chi connectivity index (χ2n) is 3.54. The van der Waals surface area contributed by atoms with Gasteiger partial charge in [-0.1, -0.05) is 20.8 Å². The molecule has 12 heavy (non-hydrogen) atoms. The second-order valence-corrected chi connectivity index (χ2v) is 3.54. The molecule has 2 N–H and O–H groups in total. The third-order valence-electron chi connectivity index (χ3n) is 2.25. The van der Waals surface area contributed by atoms with Crippen LogP contribution in [0.25, 0.3) is 0 Å². The lowest BCUT2D eigenvalue weighted by Gasteiger charge is -2.21. The van der Waals surface area contributed by atoms with E-state index >= 15 is 0 Å². The smallest absolute Gasteiger partial charge is 0.220 e. The van der Waals surface area contributed by atoms with E-state index in [-0.39, 0.29) is 5.41 Å². The van der Waals surface area contributed by atoms with E-state index in [2.05, 4.69) is 30.7 Å². The summed E-state index contributed by atoms with van der Waals surface area (Å²) in [6, 6.07) is 1.92. The molecule has 3 heteroatoms. The van der Waals surface area contributed by atoms with Crippen molar-refractivity contribution in [2.75, 3.05) is 5.73 Å². The summed E-state index contributed by atoms with van der Waals surface area (Å²) in [6.07, 6.45) is 2.75. The van der Waals surface area contributed by atoms with Gasteiger partial charge in [0.15, 0.2) is 0 Å². The van der Waals surface area contributed by atoms with Gasteiger partial charge in [-0.15, -0.1) is 0 Å². The zero-order valence-electron chi connectivity index (χ0n) is 7.83. The highest BCUT2D eigenvalue weighted by molar-refractivity contribution is 5.21. The predicted molar refractivity (Wildman–Crippen MR) is 49.8 cm³/mol. The molecule has 3 nitrogen and oxygen atoms in total. The van der Waals surface area contributed by atoms with E-state index in [0.29, 0.717) is 5.95 Å². The maximum Gasteiger partial charge on any atom is 0.220 e. The molecule has 0 fully saturated rings. The van der Waals surface area contributed by atoms with Gasteiger partial charge in [0.1, 0.15) is 0 Å². The van der Waals surface area contributed by atoms with Crippen molar-refractivity contribution in [1.29, 1.82) is 0 Å². The average Bonchev–Trinajstić information content (AvgIpc) is 2.05. The quantitative estimate of drug-likeness (QED) is 0.726. The Balaban J connectivity index is 3.03. The van der Waals surface area contributed by atoms with Gasteiger partial charge in [-0.05, 0) is 12.5 Å². The molecule has 1 aromatic heterocycles. The summed E-state index contributed by atoms with van der Waals surface area (Å²) in [5, 5.41) is 0. The first-order chi connectivity index (χ1) is 5.56. The fourth-order valence-electron chi connectivity index (χ4n) is 0.932. The molecular weight excluding hydrogens is 150 g/mol. The van der Waals surface area contributed by atoms with Gasteiger partial charge in [0.25, 0.3) is 0 Å². The molecular formula is C9H15N3. The van der Waals surface area contributed by atoms with E-state index < -0.39 is 0 Å². The summed E-state index contributed by atoms with van der Waals surface area (Å²) in [7, 11) is 0. The SMILES string of the molecule is CCC(C)(C)c1ccnc(N)n1. The van der Waals surface area contributed by atoms with Crippen LogP contribution in [0.1, 0.15) is 32.9 Å². The molecule has 0 radical (unpaired) electrons. The molecule has 0 aliphatic rings. The Kier molecular flexibility index (Phi) is 2.31. The van der Waals surface area contributed by atoms with Gasteiger partial charge in [-0.25, -0.2) is 9.97 Å². The third kappa shape index (κ3) is 1.72. The van der Waals surface area contributed by atoms with Crippen molar-refractivity contribution < 1.29 is 0 Å². The first-order valence-corrected chi connectivity index (χ1v) is 4.15. The van der Waals surface area contributed by atoms with Gasteiger partial charge in [0, 0.05) is 11.6 Å². The minimum Gasteiger partial charge on any atom is -0.368 e. The standard InChI is InChI=1S/C9H15N3/c1-4-9(2,3)7-5-6-11-8(10)12-7/h5-6H,4H2,1-3H3,(H2,10,11,12). The maximum atomic E-state index is 5.49. The molecule has 0 saturated carbocycles. The first-order valence-electron chi connectivity index (χ1n) is 4.15. The Morgan fingerprint density at radius 3 is 2.67 bits per heavy atom. The Morgan fingerprint density at radius 2 is 2.17 bits per heavy atom. The monoisotopic (exact) mass is 165 g/mol. The summed E-state index contributed by atoms with van der Waals surface area (Å²) in [5.41, 5.74) is 6.59. The zero-order chi connectivity index (χ0) is 9.19. The van der Waals surface area contributed by atoms with Crippen molar-refractivity contribution in [2.45, 2.75) is 32.6 Å². The van der Waals surface area contributed by atoms with Crippen LogP contribution >= 0.6 is 0 Å². The number of nitrogens with two attached hydrogens (primary N) is 1. The van der Waals surface area contributed by atoms with E-state index in [1.165, 1.54) is 0 Å². The van der Waals surface area contributed by atoms with Crippen LogP contribution in [0, 0.1) is 0 Å². The normalized spacial score (nSPS) is 11.6. The third-order valence-corrected chi connectivity index (χ3v) is 2.25. The molecule has 1 aromatic rings. The number of anilines is 1. The van der Waals surface area contributed by atoms with Crippen molar-refractivity contribution in [3.8, 4) is 0 Å². The van der Waals surface area contributed by atoms with Crippen LogP contribution in [0.4, 0.5) is 5.95 Å². The van der Waals surface area contributed by atoms with Crippen LogP contribution in [0.3, 0.4) is 0 Å². The molecule has 0 amide bonds. The van der Waals surface area contributed by atoms with Crippen molar-refractivity contribution >= 4 is 5.95 Å². The minimum absolute atomic E-state index is 0.0943. The van der Waals surface area contributed by atoms with E-state index in [1.54, 1.807) is 6.20 Å². The molecule has 0 aromatic carbocycles. The molecule has 0 bridgehead atoms. The summed E-state index contributed by atoms with van der Waals surface area (Å²) < 4.78 is 0. The van der Waals surface area contributed by atoms with Gasteiger partial charge >= 0.3 is 0 Å². The number of nitrogen functional groups attached to an aromatic ring is 1. The largest absolute Gasteiger partial charge is 0.368 e. The van der Waals surface area contributed by atoms with Crippen LogP contribution in [-0.4, -0.2) is 9.97 Å². The number of nitrogens with zero attached hydrogens (tertiary/aromatic N) is 2. The predicted octanol–water partition coefficient (Wildman–Crippen LogP) is 1.75. The Bertz CT molecular complexity index is 268. The highest BCUT2D eigenvalue weighted by Crippen LogP contribution is 2.24. The lowest BCUT2D eigenvalue weighted by molar-refractivity contribution is 0.490. The Morgan fingerprint density at radius 1 is 1.50 bits per heavy atom. The van der Waals surface area contributed by atoms with Crippen LogP contribution in [0.15, 0.2) is 12.3 Å². The van der Waals surface area contributed by atoms with Gasteiger partial charge in [-0.2, -0.15) is 0 Å². The molecule has 0 aliphatic heterocycles. The van der Waals surface area contributed by atoms with E-state index in [9.17, 15) is 0 Å². The highest BCUT2D eigenvalue weighted by atomic mass is 15.0. The first kappa shape index (κ1) is 8.97. The lowest BCUT2D eigenvalue weighted by atomic mass is 9.86. The molecule has 0 unspecified atom stereocenters. The Labute approximate surface area is 73.0 Å². The number of aromatic nitrogens is 2. The van der Waals surface area contributed by atoms with Gasteiger partial charge in [0.05, 0.1) is 5.69 Å². The van der Waals surface area contributed by atoms with Gasteiger partial charge < -0.3 is 5.73 Å². The molecule has 1 heterocycles. The molecule has 1 rings (SSSR count). The molecule has 0 spiro atoms. The van der Waals surface area contributed by atoms with Crippen molar-refractivity contribution in [3.63, 3.8) is 0 Å². The van der Waals surface area contributed by atoms with Crippen molar-refractivity contribution in [2.24, 2.45) is 0 Å². The van der Waals surface area contributed by atoms with Gasteiger partial charge in [0.2, 0.25) is 5.95 Å². The highest BCUT2D eigenvalue weighted by Gasteiger charge is 2.19. The Hall–Kier alpha value is -1.12. The number of hydrogen-bond acceptors (Lipinski definition) is 3. The van der Waals surface area contributed by atoms with E-state index in [1.807, 2.05) is 6.07 Å². The zero-order valence-corrected chi connectivity index (χ0v) is 7.83. The molecule has 0 atom stereocenters. The molecule has 66 valence electrons. The fourth-order valence-corrected chi connectivity index (χ4v) is 0.932. The average molecular weight is 165 g/mol. The fraction of sp³-hybridized carbons (Fsp3) is 0.556. The summed E-state index contributed by atoms with van der Waals surface area (Å²) in [4.78, 5) is 8.04. The van der Waals surface area contributed by atoms with Crippen LogP contribution < -0.4 is 5.73 Å². The maximum absolute atomic E-state index is 5.49. The lowest BCUT2D eigenvalue weighted by Crippen LogP contribution is -2.18. The van der Waals surface area contributed by atoms with Crippen molar-refractivity contribution in [3.05, 3.63) is 18.0 Å². The molecule has 0 aliphatic carbocycles. The van der Waals surface area contributed by atoms with Crippen LogP contribution in [-0.2, 0) is 5.41 Å². The summed E-state index contributed by atoms with van der Waals surface area (Å²) in [6.45, 7) is 6.43. The van der Waals surface area contributed by atoms with E-state index in [4.69, 9.17) is 5.73 Å².